The van der Waals surface area contributed by atoms with Gasteiger partial charge in [-0.25, -0.2) is 0 Å². The smallest absolute Gasteiger partial charge is 0.0625 e. The lowest BCUT2D eigenvalue weighted by Crippen LogP contribution is -1.81. The Bertz CT molecular complexity index is 63.2. The minimum Gasteiger partial charge on any atom is -0.312 e. The summed E-state index contributed by atoms with van der Waals surface area (Å²) in [6.07, 6.45) is 1.17. The third-order valence-electron chi connectivity index (χ3n) is 0.670. The lowest BCUT2D eigenvalue weighted by molar-refractivity contribution is 0.400. The number of hydrogen-bond acceptors (Lipinski definition) is 2. The standard InChI is InChI=1S/C3H6OS2/c5-6-3-1-2-4-6/h1-3H2. The second-order valence-electron chi connectivity index (χ2n) is 1.18. The molecular weight excluding hydrogens is 116 g/mol. The molecule has 0 spiro atoms. The normalized spacial score (nSPS) is 34.3. The molecule has 1 aliphatic heterocycles. The van der Waals surface area contributed by atoms with Crippen molar-refractivity contribution < 1.29 is 4.18 Å². The molecule has 0 aromatic rings. The molecule has 1 nitrogen and oxygen atoms in total. The van der Waals surface area contributed by atoms with Crippen LogP contribution in [0.5, 0.6) is 0 Å². The molecule has 6 heavy (non-hydrogen) atoms. The van der Waals surface area contributed by atoms with Crippen LogP contribution in [0.4, 0.5) is 0 Å². The second kappa shape index (κ2) is 2.00. The molecule has 1 aliphatic rings. The highest BCUT2D eigenvalue weighted by Crippen LogP contribution is 2.00. The van der Waals surface area contributed by atoms with E-state index in [-0.39, 0.29) is 9.74 Å². The minimum absolute atomic E-state index is 0.0895. The number of rotatable bonds is 0. The Morgan fingerprint density at radius 2 is 2.50 bits per heavy atom. The molecule has 1 saturated heterocycles. The summed E-state index contributed by atoms with van der Waals surface area (Å²) in [4.78, 5) is 0. The van der Waals surface area contributed by atoms with Crippen molar-refractivity contribution in [3.05, 3.63) is 0 Å². The van der Waals surface area contributed by atoms with Crippen molar-refractivity contribution in [2.45, 2.75) is 6.42 Å². The third kappa shape index (κ3) is 0.996. The van der Waals surface area contributed by atoms with Crippen molar-refractivity contribution in [2.75, 3.05) is 12.4 Å². The molecule has 0 bridgehead atoms. The lowest BCUT2D eigenvalue weighted by atomic mass is 10.5. The average molecular weight is 122 g/mol. The molecule has 36 valence electrons. The van der Waals surface area contributed by atoms with Gasteiger partial charge in [-0.05, 0) is 17.6 Å². The zero-order chi connectivity index (χ0) is 4.41. The summed E-state index contributed by atoms with van der Waals surface area (Å²) in [6, 6.07) is 0. The fourth-order valence-electron chi connectivity index (χ4n) is 0.388. The van der Waals surface area contributed by atoms with Crippen molar-refractivity contribution in [1.82, 2.24) is 0 Å². The van der Waals surface area contributed by atoms with Gasteiger partial charge in [0.1, 0.15) is 0 Å². The molecule has 0 radical (unpaired) electrons. The van der Waals surface area contributed by atoms with E-state index in [0.717, 1.165) is 12.4 Å². The fraction of sp³-hybridized carbons (Fsp3) is 1.00. The summed E-state index contributed by atoms with van der Waals surface area (Å²) in [5.74, 6) is 1.11. The Hall–Kier alpha value is 0.530. The van der Waals surface area contributed by atoms with Crippen molar-refractivity contribution in [3.8, 4) is 0 Å². The van der Waals surface area contributed by atoms with Gasteiger partial charge in [0.05, 0.1) is 6.61 Å². The van der Waals surface area contributed by atoms with E-state index < -0.39 is 0 Å². The SMILES string of the molecule is S=S1CCCO1. The largest absolute Gasteiger partial charge is 0.312 e. The van der Waals surface area contributed by atoms with Gasteiger partial charge in [0.2, 0.25) is 0 Å². The fourth-order valence-corrected chi connectivity index (χ4v) is 1.72. The molecule has 0 amide bonds. The average Bonchev–Trinajstić information content (AvgIpc) is 1.86. The Morgan fingerprint density at radius 1 is 1.67 bits per heavy atom. The van der Waals surface area contributed by atoms with Gasteiger partial charge in [0.15, 0.2) is 0 Å². The van der Waals surface area contributed by atoms with Crippen molar-refractivity contribution >= 4 is 20.9 Å². The molecule has 1 fully saturated rings. The first kappa shape index (κ1) is 4.68. The van der Waals surface area contributed by atoms with E-state index in [2.05, 4.69) is 0 Å². The summed E-state index contributed by atoms with van der Waals surface area (Å²) >= 11 is 4.81. The predicted molar refractivity (Wildman–Crippen MR) is 30.2 cm³/mol. The Kier molecular flexibility index (Phi) is 1.56. The molecule has 1 rings (SSSR count). The van der Waals surface area contributed by atoms with E-state index in [1.807, 2.05) is 0 Å². The van der Waals surface area contributed by atoms with E-state index in [4.69, 9.17) is 15.4 Å². The van der Waals surface area contributed by atoms with Gasteiger partial charge in [0.25, 0.3) is 0 Å². The molecule has 1 unspecified atom stereocenters. The van der Waals surface area contributed by atoms with Crippen molar-refractivity contribution in [1.29, 1.82) is 0 Å². The van der Waals surface area contributed by atoms with Crippen LogP contribution >= 0.6 is 0 Å². The van der Waals surface area contributed by atoms with Crippen LogP contribution in [0.1, 0.15) is 6.42 Å². The zero-order valence-electron chi connectivity index (χ0n) is 3.35. The van der Waals surface area contributed by atoms with Crippen LogP contribution in [0.2, 0.25) is 0 Å². The molecule has 0 saturated carbocycles. The van der Waals surface area contributed by atoms with E-state index in [1.54, 1.807) is 0 Å². The maximum Gasteiger partial charge on any atom is 0.0625 e. The molecular formula is C3H6OS2. The van der Waals surface area contributed by atoms with E-state index in [1.165, 1.54) is 6.42 Å². The monoisotopic (exact) mass is 122 g/mol. The molecule has 0 aromatic carbocycles. The first-order valence-corrected chi connectivity index (χ1v) is 4.15. The quantitative estimate of drug-likeness (QED) is 0.460. The van der Waals surface area contributed by atoms with Crippen LogP contribution in [0.3, 0.4) is 0 Å². The van der Waals surface area contributed by atoms with E-state index >= 15 is 0 Å². The first-order valence-electron chi connectivity index (χ1n) is 1.91. The van der Waals surface area contributed by atoms with Gasteiger partial charge in [-0.15, -0.1) is 0 Å². The van der Waals surface area contributed by atoms with Crippen LogP contribution in [0, 0.1) is 0 Å². The summed E-state index contributed by atoms with van der Waals surface area (Å²) in [6.45, 7) is 0.895. The summed E-state index contributed by atoms with van der Waals surface area (Å²) < 4.78 is 5.00. The van der Waals surface area contributed by atoms with Crippen LogP contribution in [0.15, 0.2) is 0 Å². The summed E-state index contributed by atoms with van der Waals surface area (Å²) in [5.41, 5.74) is 0. The van der Waals surface area contributed by atoms with Gasteiger partial charge in [-0.1, -0.05) is 0 Å². The van der Waals surface area contributed by atoms with E-state index in [9.17, 15) is 0 Å². The van der Waals surface area contributed by atoms with Gasteiger partial charge in [-0.2, -0.15) is 0 Å². The van der Waals surface area contributed by atoms with E-state index in [0.29, 0.717) is 0 Å². The molecule has 3 heteroatoms. The van der Waals surface area contributed by atoms with Gasteiger partial charge >= 0.3 is 0 Å². The highest BCUT2D eigenvalue weighted by Gasteiger charge is 2.02. The van der Waals surface area contributed by atoms with Crippen LogP contribution < -0.4 is 0 Å². The van der Waals surface area contributed by atoms with Crippen molar-refractivity contribution in [3.63, 3.8) is 0 Å². The Labute approximate surface area is 44.5 Å². The first-order chi connectivity index (χ1) is 2.89. The Balaban J connectivity index is 2.37. The van der Waals surface area contributed by atoms with Gasteiger partial charge < -0.3 is 4.18 Å². The third-order valence-corrected chi connectivity index (χ3v) is 2.51. The molecule has 0 N–H and O–H groups in total. The minimum atomic E-state index is -0.0895. The molecule has 0 aliphatic carbocycles. The van der Waals surface area contributed by atoms with Gasteiger partial charge in [0, 0.05) is 15.5 Å². The maximum absolute atomic E-state index is 5.00. The van der Waals surface area contributed by atoms with Crippen molar-refractivity contribution in [2.24, 2.45) is 0 Å². The second-order valence-corrected chi connectivity index (χ2v) is 3.55. The number of hydrogen-bond donors (Lipinski definition) is 0. The molecule has 0 aromatic heterocycles. The van der Waals surface area contributed by atoms with Crippen LogP contribution in [-0.4, -0.2) is 12.4 Å². The molecule has 1 heterocycles. The predicted octanol–water partition coefficient (Wildman–Crippen LogP) is 0.402. The maximum atomic E-state index is 5.00. The van der Waals surface area contributed by atoms with Gasteiger partial charge in [-0.3, -0.25) is 0 Å². The molecule has 1 atom stereocenters. The van der Waals surface area contributed by atoms with Crippen LogP contribution in [-0.2, 0) is 25.1 Å². The zero-order valence-corrected chi connectivity index (χ0v) is 4.98. The Morgan fingerprint density at radius 3 is 2.67 bits per heavy atom. The van der Waals surface area contributed by atoms with Crippen LogP contribution in [0.25, 0.3) is 0 Å². The summed E-state index contributed by atoms with van der Waals surface area (Å²) in [7, 11) is -0.0895. The summed E-state index contributed by atoms with van der Waals surface area (Å²) in [5, 5.41) is 0. The lowest BCUT2D eigenvalue weighted by Gasteiger charge is -1.83. The topological polar surface area (TPSA) is 9.23 Å². The highest BCUT2D eigenvalue weighted by molar-refractivity contribution is 8.26. The highest BCUT2D eigenvalue weighted by atomic mass is 32.8.